The highest BCUT2D eigenvalue weighted by Crippen LogP contribution is 2.33. The number of anilines is 1. The second-order valence-electron chi connectivity index (χ2n) is 8.07. The highest BCUT2D eigenvalue weighted by atomic mass is 32.2. The molecular formula is C23H28N4O4S2. The van der Waals surface area contributed by atoms with Crippen molar-refractivity contribution in [3.63, 3.8) is 0 Å². The molecule has 0 radical (unpaired) electrons. The first kappa shape index (κ1) is 23.5. The summed E-state index contributed by atoms with van der Waals surface area (Å²) in [5.41, 5.74) is 1.88. The monoisotopic (exact) mass is 488 g/mol. The quantitative estimate of drug-likeness (QED) is 0.504. The van der Waals surface area contributed by atoms with Gasteiger partial charge in [-0.05, 0) is 62.1 Å². The third-order valence-corrected chi connectivity index (χ3v) is 7.70. The Labute approximate surface area is 197 Å². The molecule has 1 fully saturated rings. The van der Waals surface area contributed by atoms with Gasteiger partial charge in [-0.2, -0.15) is 0 Å². The Morgan fingerprint density at radius 1 is 1.27 bits per heavy atom. The van der Waals surface area contributed by atoms with Gasteiger partial charge in [0.2, 0.25) is 15.9 Å². The van der Waals surface area contributed by atoms with Gasteiger partial charge in [0.05, 0.1) is 27.6 Å². The number of carbonyl (C=O) groups excluding carboxylic acids is 1. The van der Waals surface area contributed by atoms with Crippen LogP contribution in [-0.4, -0.2) is 45.6 Å². The number of nitrogens with zero attached hydrogens (tertiary/aromatic N) is 2. The van der Waals surface area contributed by atoms with Crippen molar-refractivity contribution in [2.24, 2.45) is 11.1 Å². The Balaban J connectivity index is 1.32. The molecule has 0 spiro atoms. The van der Waals surface area contributed by atoms with Gasteiger partial charge in [-0.1, -0.05) is 23.5 Å². The molecule has 1 amide bonds. The lowest BCUT2D eigenvalue weighted by molar-refractivity contribution is -0.125. The van der Waals surface area contributed by atoms with Crippen LogP contribution in [0.15, 0.2) is 47.4 Å². The fourth-order valence-corrected chi connectivity index (χ4v) is 5.51. The van der Waals surface area contributed by atoms with Crippen molar-refractivity contribution >= 4 is 42.6 Å². The molecule has 33 heavy (non-hydrogen) atoms. The summed E-state index contributed by atoms with van der Waals surface area (Å²) in [4.78, 5) is 19.8. The van der Waals surface area contributed by atoms with Crippen molar-refractivity contribution in [2.75, 3.05) is 31.1 Å². The number of benzene rings is 2. The summed E-state index contributed by atoms with van der Waals surface area (Å²) < 4.78 is 29.4. The molecule has 1 aromatic heterocycles. The minimum Gasteiger partial charge on any atom is -0.494 e. The zero-order valence-corrected chi connectivity index (χ0v) is 20.1. The molecule has 1 aliphatic heterocycles. The molecule has 3 N–H and O–H groups in total. The molecule has 1 atom stereocenters. The van der Waals surface area contributed by atoms with Gasteiger partial charge in [0.25, 0.3) is 0 Å². The maximum Gasteiger partial charge on any atom is 0.238 e. The molecule has 0 saturated carbocycles. The van der Waals surface area contributed by atoms with E-state index in [-0.39, 0.29) is 16.7 Å². The number of hydrogen-bond donors (Lipinski definition) is 2. The lowest BCUT2D eigenvalue weighted by atomic mass is 9.97. The molecule has 2 heterocycles. The number of fused-ring (bicyclic) bond motifs is 1. The molecule has 8 nitrogen and oxygen atoms in total. The van der Waals surface area contributed by atoms with Gasteiger partial charge in [0.15, 0.2) is 5.13 Å². The lowest BCUT2D eigenvalue weighted by Gasteiger charge is -2.31. The summed E-state index contributed by atoms with van der Waals surface area (Å²) in [6, 6.07) is 12.3. The number of carbonyl (C=O) groups is 1. The van der Waals surface area contributed by atoms with E-state index in [4.69, 9.17) is 14.9 Å². The number of hydrogen-bond acceptors (Lipinski definition) is 7. The summed E-state index contributed by atoms with van der Waals surface area (Å²) in [5.74, 6) is 0.797. The van der Waals surface area contributed by atoms with Crippen molar-refractivity contribution in [3.05, 3.63) is 48.0 Å². The van der Waals surface area contributed by atoms with Crippen LogP contribution in [0.4, 0.5) is 5.13 Å². The SMILES string of the molecule is CCOc1ccc2nc(N3CCCC(C(=O)NCCc4ccc(S(N)(=O)=O)cc4)C3)sc2c1. The van der Waals surface area contributed by atoms with Crippen LogP contribution in [0, 0.1) is 5.92 Å². The fourth-order valence-electron chi connectivity index (χ4n) is 3.97. The van der Waals surface area contributed by atoms with E-state index < -0.39 is 10.0 Å². The number of nitrogens with one attached hydrogen (secondary N) is 1. The van der Waals surface area contributed by atoms with Crippen molar-refractivity contribution in [3.8, 4) is 5.75 Å². The number of rotatable bonds is 8. The summed E-state index contributed by atoms with van der Waals surface area (Å²) in [6.45, 7) is 4.61. The average molecular weight is 489 g/mol. The first-order valence-electron chi connectivity index (χ1n) is 11.0. The summed E-state index contributed by atoms with van der Waals surface area (Å²) >= 11 is 1.63. The third kappa shape index (κ3) is 5.82. The first-order valence-corrected chi connectivity index (χ1v) is 13.4. The second-order valence-corrected chi connectivity index (χ2v) is 10.6. The van der Waals surface area contributed by atoms with E-state index >= 15 is 0 Å². The van der Waals surface area contributed by atoms with Crippen molar-refractivity contribution in [1.29, 1.82) is 0 Å². The maximum atomic E-state index is 12.8. The number of thiazole rings is 1. The van der Waals surface area contributed by atoms with Crippen LogP contribution in [-0.2, 0) is 21.2 Å². The molecule has 176 valence electrons. The molecule has 1 unspecified atom stereocenters. The minimum absolute atomic E-state index is 0.0422. The number of sulfonamides is 1. The Morgan fingerprint density at radius 2 is 2.06 bits per heavy atom. The summed E-state index contributed by atoms with van der Waals surface area (Å²) in [7, 11) is -3.69. The Hall–Kier alpha value is -2.69. The van der Waals surface area contributed by atoms with E-state index in [1.54, 1.807) is 23.5 Å². The van der Waals surface area contributed by atoms with E-state index in [1.807, 2.05) is 25.1 Å². The first-order chi connectivity index (χ1) is 15.8. The van der Waals surface area contributed by atoms with Crippen LogP contribution in [0.3, 0.4) is 0 Å². The number of amides is 1. The number of piperidine rings is 1. The highest BCUT2D eigenvalue weighted by Gasteiger charge is 2.27. The molecule has 2 aromatic carbocycles. The van der Waals surface area contributed by atoms with E-state index in [1.165, 1.54) is 12.1 Å². The number of ether oxygens (including phenoxy) is 1. The van der Waals surface area contributed by atoms with Crippen LogP contribution in [0.1, 0.15) is 25.3 Å². The van der Waals surface area contributed by atoms with Crippen LogP contribution in [0.25, 0.3) is 10.2 Å². The second kappa shape index (κ2) is 10.1. The van der Waals surface area contributed by atoms with E-state index in [0.717, 1.165) is 46.0 Å². The fraction of sp³-hybridized carbons (Fsp3) is 0.391. The van der Waals surface area contributed by atoms with Crippen LogP contribution in [0.5, 0.6) is 5.75 Å². The smallest absolute Gasteiger partial charge is 0.238 e. The average Bonchev–Trinajstić information content (AvgIpc) is 3.23. The zero-order chi connectivity index (χ0) is 23.4. The predicted molar refractivity (Wildman–Crippen MR) is 130 cm³/mol. The maximum absolute atomic E-state index is 12.8. The van der Waals surface area contributed by atoms with Crippen molar-refractivity contribution in [1.82, 2.24) is 10.3 Å². The standard InChI is InChI=1S/C23H28N4O4S2/c1-2-31-18-7-10-20-21(14-18)32-23(26-20)27-13-3-4-17(15-27)22(28)25-12-11-16-5-8-19(9-6-16)33(24,29)30/h5-10,14,17H,2-4,11-13,15H2,1H3,(H,25,28)(H2,24,29,30). The van der Waals surface area contributed by atoms with Gasteiger partial charge in [-0.25, -0.2) is 18.5 Å². The van der Waals surface area contributed by atoms with E-state index in [0.29, 0.717) is 26.1 Å². The molecule has 3 aromatic rings. The number of primary sulfonamides is 1. The van der Waals surface area contributed by atoms with Gasteiger partial charge in [-0.15, -0.1) is 0 Å². The lowest BCUT2D eigenvalue weighted by Crippen LogP contribution is -2.43. The van der Waals surface area contributed by atoms with Crippen LogP contribution < -0.4 is 20.1 Å². The van der Waals surface area contributed by atoms with Gasteiger partial charge in [0, 0.05) is 19.6 Å². The topological polar surface area (TPSA) is 115 Å². The summed E-state index contributed by atoms with van der Waals surface area (Å²) in [5, 5.41) is 9.09. The van der Waals surface area contributed by atoms with Crippen LogP contribution >= 0.6 is 11.3 Å². The molecule has 10 heteroatoms. The predicted octanol–water partition coefficient (Wildman–Crippen LogP) is 2.92. The number of aromatic nitrogens is 1. The van der Waals surface area contributed by atoms with Gasteiger partial charge < -0.3 is 15.0 Å². The van der Waals surface area contributed by atoms with E-state index in [9.17, 15) is 13.2 Å². The van der Waals surface area contributed by atoms with Crippen molar-refractivity contribution in [2.45, 2.75) is 31.1 Å². The molecule has 1 saturated heterocycles. The summed E-state index contributed by atoms with van der Waals surface area (Å²) in [6.07, 6.45) is 2.41. The molecular weight excluding hydrogens is 460 g/mol. The molecule has 0 bridgehead atoms. The molecule has 0 aliphatic carbocycles. The highest BCUT2D eigenvalue weighted by molar-refractivity contribution is 7.89. The molecule has 4 rings (SSSR count). The van der Waals surface area contributed by atoms with Gasteiger partial charge >= 0.3 is 0 Å². The number of nitrogens with two attached hydrogens (primary N) is 1. The third-order valence-electron chi connectivity index (χ3n) is 5.69. The molecule has 1 aliphatic rings. The largest absolute Gasteiger partial charge is 0.494 e. The minimum atomic E-state index is -3.69. The Morgan fingerprint density at radius 3 is 2.79 bits per heavy atom. The van der Waals surface area contributed by atoms with Gasteiger partial charge in [0.1, 0.15) is 5.75 Å². The van der Waals surface area contributed by atoms with Gasteiger partial charge in [-0.3, -0.25) is 4.79 Å². The Bertz CT molecular complexity index is 1220. The normalized spacial score (nSPS) is 16.7. The Kier molecular flexibility index (Phi) is 7.16. The van der Waals surface area contributed by atoms with Crippen molar-refractivity contribution < 1.29 is 17.9 Å². The zero-order valence-electron chi connectivity index (χ0n) is 18.5. The van der Waals surface area contributed by atoms with Crippen LogP contribution in [0.2, 0.25) is 0 Å². The van der Waals surface area contributed by atoms with E-state index in [2.05, 4.69) is 10.2 Å².